The summed E-state index contributed by atoms with van der Waals surface area (Å²) in [6, 6.07) is 0. The topological polar surface area (TPSA) is 66.1 Å². The fraction of sp³-hybridized carbons (Fsp3) is 0.625. The lowest BCUT2D eigenvalue weighted by Crippen LogP contribution is -2.30. The smallest absolute Gasteiger partial charge is 0.259 e. The van der Waals surface area contributed by atoms with Crippen LogP contribution < -0.4 is 0 Å². The van der Waals surface area contributed by atoms with Crippen molar-refractivity contribution in [1.29, 1.82) is 0 Å². The van der Waals surface area contributed by atoms with Gasteiger partial charge in [0.2, 0.25) is 0 Å². The molecule has 6 heteroatoms. The van der Waals surface area contributed by atoms with E-state index in [0.29, 0.717) is 12.5 Å². The van der Waals surface area contributed by atoms with Crippen LogP contribution in [0.4, 0.5) is 0 Å². The number of aromatic nitrogens is 2. The number of sulfonamides is 1. The highest BCUT2D eigenvalue weighted by atomic mass is 32.2. The third kappa shape index (κ3) is 2.33. The number of hydrogen-bond acceptors (Lipinski definition) is 3. The highest BCUT2D eigenvalue weighted by molar-refractivity contribution is 7.89. The second kappa shape index (κ2) is 4.10. The van der Waals surface area contributed by atoms with Gasteiger partial charge < -0.3 is 4.98 Å². The predicted octanol–water partition coefficient (Wildman–Crippen LogP) is 0.686. The van der Waals surface area contributed by atoms with Crippen molar-refractivity contribution < 1.29 is 8.42 Å². The zero-order chi connectivity index (χ0) is 10.8. The minimum atomic E-state index is -3.38. The van der Waals surface area contributed by atoms with Crippen molar-refractivity contribution in [2.75, 3.05) is 13.6 Å². The van der Waals surface area contributed by atoms with E-state index in [0.717, 1.165) is 0 Å². The van der Waals surface area contributed by atoms with Crippen LogP contribution in [0.5, 0.6) is 0 Å². The van der Waals surface area contributed by atoms with Gasteiger partial charge in [-0.2, -0.15) is 4.31 Å². The van der Waals surface area contributed by atoms with Gasteiger partial charge in [0.25, 0.3) is 10.0 Å². The molecule has 0 fully saturated rings. The number of nitrogens with zero attached hydrogens (tertiary/aromatic N) is 2. The summed E-state index contributed by atoms with van der Waals surface area (Å²) < 4.78 is 24.9. The fourth-order valence-electron chi connectivity index (χ4n) is 1.16. The van der Waals surface area contributed by atoms with Crippen LogP contribution in [0, 0.1) is 5.92 Å². The Morgan fingerprint density at radius 1 is 1.57 bits per heavy atom. The first-order valence-electron chi connectivity index (χ1n) is 4.39. The van der Waals surface area contributed by atoms with Crippen molar-refractivity contribution in [2.24, 2.45) is 5.92 Å². The molecule has 0 atom stereocenters. The predicted molar refractivity (Wildman–Crippen MR) is 53.2 cm³/mol. The van der Waals surface area contributed by atoms with Crippen LogP contribution in [-0.4, -0.2) is 36.3 Å². The Bertz CT molecular complexity index is 369. The first-order chi connectivity index (χ1) is 6.44. The van der Waals surface area contributed by atoms with Gasteiger partial charge >= 0.3 is 0 Å². The van der Waals surface area contributed by atoms with E-state index < -0.39 is 10.0 Å². The number of nitrogens with one attached hydrogen (secondary N) is 1. The second-order valence-corrected chi connectivity index (χ2v) is 5.61. The lowest BCUT2D eigenvalue weighted by Gasteiger charge is -2.17. The van der Waals surface area contributed by atoms with Crippen molar-refractivity contribution in [2.45, 2.75) is 18.9 Å². The summed E-state index contributed by atoms with van der Waals surface area (Å²) in [5.74, 6) is 0.303. The van der Waals surface area contributed by atoms with Crippen molar-refractivity contribution >= 4 is 10.0 Å². The Labute approximate surface area is 84.2 Å². The van der Waals surface area contributed by atoms with Gasteiger partial charge in [0, 0.05) is 13.6 Å². The van der Waals surface area contributed by atoms with E-state index in [4.69, 9.17) is 0 Å². The first-order valence-corrected chi connectivity index (χ1v) is 5.83. The zero-order valence-electron chi connectivity index (χ0n) is 8.56. The average molecular weight is 217 g/mol. The standard InChI is InChI=1S/C8H15N3O2S/c1-7(2)5-11(3)14(12,13)8-4-9-6-10-8/h4,6-7H,5H2,1-3H3,(H,9,10). The Kier molecular flexibility index (Phi) is 3.28. The van der Waals surface area contributed by atoms with Crippen molar-refractivity contribution in [3.8, 4) is 0 Å². The number of aromatic amines is 1. The molecule has 0 aliphatic heterocycles. The maximum Gasteiger partial charge on any atom is 0.259 e. The van der Waals surface area contributed by atoms with Crippen LogP contribution in [-0.2, 0) is 10.0 Å². The van der Waals surface area contributed by atoms with E-state index >= 15 is 0 Å². The van der Waals surface area contributed by atoms with Gasteiger partial charge in [-0.3, -0.25) is 0 Å². The second-order valence-electron chi connectivity index (χ2n) is 3.60. The zero-order valence-corrected chi connectivity index (χ0v) is 9.37. The van der Waals surface area contributed by atoms with Crippen LogP contribution >= 0.6 is 0 Å². The Morgan fingerprint density at radius 3 is 2.64 bits per heavy atom. The maximum absolute atomic E-state index is 11.8. The molecule has 0 saturated carbocycles. The summed E-state index contributed by atoms with van der Waals surface area (Å²) in [6.07, 6.45) is 2.67. The number of imidazole rings is 1. The van der Waals surface area contributed by atoms with Crippen molar-refractivity contribution in [3.05, 3.63) is 12.5 Å². The SMILES string of the molecule is CC(C)CN(C)S(=O)(=O)c1cnc[nH]1. The molecule has 14 heavy (non-hydrogen) atoms. The van der Waals surface area contributed by atoms with Gasteiger partial charge in [-0.1, -0.05) is 13.8 Å². The summed E-state index contributed by atoms with van der Waals surface area (Å²) in [5, 5.41) is 0.139. The molecular formula is C8H15N3O2S. The minimum Gasteiger partial charge on any atom is -0.335 e. The molecule has 0 radical (unpaired) electrons. The van der Waals surface area contributed by atoms with Gasteiger partial charge in [-0.25, -0.2) is 13.4 Å². The van der Waals surface area contributed by atoms with E-state index in [1.54, 1.807) is 7.05 Å². The minimum absolute atomic E-state index is 0.139. The van der Waals surface area contributed by atoms with E-state index in [2.05, 4.69) is 9.97 Å². The molecule has 0 aliphatic rings. The van der Waals surface area contributed by atoms with Crippen LogP contribution in [0.2, 0.25) is 0 Å². The highest BCUT2D eigenvalue weighted by Crippen LogP contribution is 2.11. The van der Waals surface area contributed by atoms with Crippen LogP contribution in [0.1, 0.15) is 13.8 Å². The molecule has 0 bridgehead atoms. The van der Waals surface area contributed by atoms with Gasteiger partial charge in [0.1, 0.15) is 0 Å². The molecule has 1 aromatic heterocycles. The fourth-order valence-corrected chi connectivity index (χ4v) is 2.39. The molecule has 0 aromatic carbocycles. The molecule has 1 N–H and O–H groups in total. The van der Waals surface area contributed by atoms with Gasteiger partial charge in [0.15, 0.2) is 5.03 Å². The van der Waals surface area contributed by atoms with Gasteiger partial charge in [-0.15, -0.1) is 0 Å². The normalized spacial score (nSPS) is 12.6. The Balaban J connectivity index is 2.86. The average Bonchev–Trinajstić information content (AvgIpc) is 2.54. The Hall–Kier alpha value is -0.880. The lowest BCUT2D eigenvalue weighted by atomic mass is 10.2. The van der Waals surface area contributed by atoms with E-state index in [1.807, 2.05) is 13.8 Å². The summed E-state index contributed by atoms with van der Waals surface area (Å²) in [7, 11) is -1.81. The molecule has 5 nitrogen and oxygen atoms in total. The molecule has 1 aromatic rings. The van der Waals surface area contributed by atoms with E-state index in [-0.39, 0.29) is 5.03 Å². The third-order valence-corrected chi connectivity index (χ3v) is 3.53. The van der Waals surface area contributed by atoms with Crippen LogP contribution in [0.25, 0.3) is 0 Å². The quantitative estimate of drug-likeness (QED) is 0.806. The van der Waals surface area contributed by atoms with E-state index in [9.17, 15) is 8.42 Å². The molecule has 80 valence electrons. The summed E-state index contributed by atoms with van der Waals surface area (Å²) in [6.45, 7) is 4.44. The van der Waals surface area contributed by atoms with Crippen molar-refractivity contribution in [3.63, 3.8) is 0 Å². The van der Waals surface area contributed by atoms with Gasteiger partial charge in [-0.05, 0) is 5.92 Å². The largest absolute Gasteiger partial charge is 0.335 e. The maximum atomic E-state index is 11.8. The summed E-state index contributed by atoms with van der Waals surface area (Å²) in [5.41, 5.74) is 0. The first kappa shape index (κ1) is 11.2. The molecule has 0 unspecified atom stereocenters. The molecule has 0 aliphatic carbocycles. The molecule has 1 heterocycles. The summed E-state index contributed by atoms with van der Waals surface area (Å²) >= 11 is 0. The van der Waals surface area contributed by atoms with E-state index in [1.165, 1.54) is 16.8 Å². The molecule has 0 spiro atoms. The summed E-state index contributed by atoms with van der Waals surface area (Å²) in [4.78, 5) is 6.28. The van der Waals surface area contributed by atoms with Gasteiger partial charge in [0.05, 0.1) is 12.5 Å². The lowest BCUT2D eigenvalue weighted by molar-refractivity contribution is 0.416. The van der Waals surface area contributed by atoms with Crippen LogP contribution in [0.15, 0.2) is 17.6 Å². The number of hydrogen-bond donors (Lipinski definition) is 1. The monoisotopic (exact) mass is 217 g/mol. The molecule has 0 saturated heterocycles. The molecule has 0 amide bonds. The van der Waals surface area contributed by atoms with Crippen molar-refractivity contribution in [1.82, 2.24) is 14.3 Å². The highest BCUT2D eigenvalue weighted by Gasteiger charge is 2.22. The third-order valence-electron chi connectivity index (χ3n) is 1.78. The molecule has 1 rings (SSSR count). The number of H-pyrrole nitrogens is 1. The number of rotatable bonds is 4. The molecular weight excluding hydrogens is 202 g/mol. The Morgan fingerprint density at radius 2 is 2.21 bits per heavy atom. The van der Waals surface area contributed by atoms with Crippen LogP contribution in [0.3, 0.4) is 0 Å².